The Morgan fingerprint density at radius 1 is 1.31 bits per heavy atom. The summed E-state index contributed by atoms with van der Waals surface area (Å²) in [7, 11) is -3.47. The Morgan fingerprint density at radius 2 is 2.08 bits per heavy atom. The van der Waals surface area contributed by atoms with Crippen molar-refractivity contribution in [3.05, 3.63) is 17.5 Å². The number of thiophene rings is 1. The number of likely N-dealkylation sites (tertiary alicyclic amines) is 1. The van der Waals surface area contributed by atoms with E-state index in [-0.39, 0.29) is 18.4 Å². The molecule has 2 fully saturated rings. The summed E-state index contributed by atoms with van der Waals surface area (Å²) >= 11 is 1.23. The number of hydrogen-bond donors (Lipinski definition) is 1. The van der Waals surface area contributed by atoms with Gasteiger partial charge < -0.3 is 10.2 Å². The zero-order chi connectivity index (χ0) is 18.6. The summed E-state index contributed by atoms with van der Waals surface area (Å²) in [6, 6.07) is 3.37. The van der Waals surface area contributed by atoms with Gasteiger partial charge in [0.25, 0.3) is 10.0 Å². The van der Waals surface area contributed by atoms with Crippen molar-refractivity contribution in [2.75, 3.05) is 39.3 Å². The summed E-state index contributed by atoms with van der Waals surface area (Å²) in [5.74, 6) is 0.147. The van der Waals surface area contributed by atoms with Gasteiger partial charge in [-0.25, -0.2) is 8.42 Å². The van der Waals surface area contributed by atoms with E-state index in [2.05, 4.69) is 17.1 Å². The first kappa shape index (κ1) is 19.8. The highest BCUT2D eigenvalue weighted by molar-refractivity contribution is 7.91. The average Bonchev–Trinajstić information content (AvgIpc) is 3.34. The summed E-state index contributed by atoms with van der Waals surface area (Å²) in [6.45, 7) is 6.94. The minimum absolute atomic E-state index is 0.00986. The molecule has 3 heterocycles. The molecule has 1 aromatic rings. The molecule has 0 spiro atoms. The third-order valence-corrected chi connectivity index (χ3v) is 8.48. The zero-order valence-corrected chi connectivity index (χ0v) is 17.0. The predicted molar refractivity (Wildman–Crippen MR) is 104 cm³/mol. The maximum absolute atomic E-state index is 12.7. The molecule has 26 heavy (non-hydrogen) atoms. The largest absolute Gasteiger partial charge is 0.356 e. The molecular weight excluding hydrogens is 370 g/mol. The van der Waals surface area contributed by atoms with Gasteiger partial charge >= 0.3 is 0 Å². The lowest BCUT2D eigenvalue weighted by molar-refractivity contribution is -0.126. The Kier molecular flexibility index (Phi) is 6.71. The monoisotopic (exact) mass is 399 g/mol. The molecular formula is C18H29N3O3S2. The molecule has 3 rings (SSSR count). The molecule has 0 aromatic carbocycles. The molecule has 0 unspecified atom stereocenters. The SMILES string of the molecule is C[C@@H](CNC(=O)[C@@H]1CCCN(S(=O)(=O)c2cccs2)C1)CN1CCCC1. The number of carbonyl (C=O) groups excluding carboxylic acids is 1. The van der Waals surface area contributed by atoms with Crippen LogP contribution in [0.3, 0.4) is 0 Å². The highest BCUT2D eigenvalue weighted by Gasteiger charge is 2.33. The van der Waals surface area contributed by atoms with Crippen LogP contribution in [0.25, 0.3) is 0 Å². The van der Waals surface area contributed by atoms with Gasteiger partial charge in [0.1, 0.15) is 4.21 Å². The van der Waals surface area contributed by atoms with Crippen molar-refractivity contribution in [1.82, 2.24) is 14.5 Å². The summed E-state index contributed by atoms with van der Waals surface area (Å²) in [4.78, 5) is 15.0. The first-order chi connectivity index (χ1) is 12.5. The van der Waals surface area contributed by atoms with Gasteiger partial charge in [-0.05, 0) is 56.1 Å². The third-order valence-electron chi connectivity index (χ3n) is 5.24. The van der Waals surface area contributed by atoms with E-state index >= 15 is 0 Å². The zero-order valence-electron chi connectivity index (χ0n) is 15.4. The Bertz CT molecular complexity index is 685. The van der Waals surface area contributed by atoms with E-state index in [4.69, 9.17) is 0 Å². The van der Waals surface area contributed by atoms with Crippen LogP contribution >= 0.6 is 11.3 Å². The molecule has 1 amide bonds. The van der Waals surface area contributed by atoms with E-state index in [1.165, 1.54) is 28.5 Å². The number of nitrogens with zero attached hydrogens (tertiary/aromatic N) is 2. The van der Waals surface area contributed by atoms with Crippen LogP contribution in [-0.2, 0) is 14.8 Å². The minimum Gasteiger partial charge on any atom is -0.356 e. The van der Waals surface area contributed by atoms with Gasteiger partial charge in [-0.3, -0.25) is 4.79 Å². The number of piperidine rings is 1. The highest BCUT2D eigenvalue weighted by atomic mass is 32.2. The maximum Gasteiger partial charge on any atom is 0.252 e. The number of rotatable bonds is 7. The molecule has 146 valence electrons. The van der Waals surface area contributed by atoms with Crippen LogP contribution in [0.4, 0.5) is 0 Å². The minimum atomic E-state index is -3.47. The lowest BCUT2D eigenvalue weighted by atomic mass is 9.98. The van der Waals surface area contributed by atoms with Crippen LogP contribution in [-0.4, -0.2) is 62.8 Å². The first-order valence-electron chi connectivity index (χ1n) is 9.50. The van der Waals surface area contributed by atoms with E-state index in [1.54, 1.807) is 17.5 Å². The van der Waals surface area contributed by atoms with E-state index < -0.39 is 10.0 Å². The highest BCUT2D eigenvalue weighted by Crippen LogP contribution is 2.26. The van der Waals surface area contributed by atoms with Crippen molar-refractivity contribution >= 4 is 27.3 Å². The summed E-state index contributed by atoms with van der Waals surface area (Å²) in [5, 5.41) is 4.82. The fourth-order valence-electron chi connectivity index (χ4n) is 3.80. The quantitative estimate of drug-likeness (QED) is 0.761. The fraction of sp³-hybridized carbons (Fsp3) is 0.722. The average molecular weight is 400 g/mol. The Morgan fingerprint density at radius 3 is 2.77 bits per heavy atom. The summed E-state index contributed by atoms with van der Waals surface area (Å²) in [6.07, 6.45) is 4.03. The molecule has 0 radical (unpaired) electrons. The van der Waals surface area contributed by atoms with Crippen molar-refractivity contribution in [3.8, 4) is 0 Å². The van der Waals surface area contributed by atoms with Crippen LogP contribution in [0.2, 0.25) is 0 Å². The molecule has 2 atom stereocenters. The van der Waals surface area contributed by atoms with E-state index in [9.17, 15) is 13.2 Å². The predicted octanol–water partition coefficient (Wildman–Crippen LogP) is 2.00. The molecule has 2 aliphatic heterocycles. The van der Waals surface area contributed by atoms with Gasteiger partial charge in [0.05, 0.1) is 5.92 Å². The summed E-state index contributed by atoms with van der Waals surface area (Å²) < 4.78 is 27.2. The van der Waals surface area contributed by atoms with Gasteiger partial charge in [0.2, 0.25) is 5.91 Å². The maximum atomic E-state index is 12.7. The van der Waals surface area contributed by atoms with Crippen LogP contribution in [0, 0.1) is 11.8 Å². The van der Waals surface area contributed by atoms with Crippen LogP contribution < -0.4 is 5.32 Å². The number of sulfonamides is 1. The van der Waals surface area contributed by atoms with Crippen molar-refractivity contribution in [2.24, 2.45) is 11.8 Å². The van der Waals surface area contributed by atoms with Gasteiger partial charge in [-0.1, -0.05) is 13.0 Å². The number of nitrogens with one attached hydrogen (secondary N) is 1. The van der Waals surface area contributed by atoms with E-state index in [0.29, 0.717) is 23.2 Å². The van der Waals surface area contributed by atoms with E-state index in [1.807, 2.05) is 0 Å². The van der Waals surface area contributed by atoms with Crippen molar-refractivity contribution in [2.45, 2.75) is 36.8 Å². The summed E-state index contributed by atoms with van der Waals surface area (Å²) in [5.41, 5.74) is 0. The van der Waals surface area contributed by atoms with E-state index in [0.717, 1.165) is 32.5 Å². The topological polar surface area (TPSA) is 69.7 Å². The van der Waals surface area contributed by atoms with Crippen LogP contribution in [0.5, 0.6) is 0 Å². The molecule has 1 N–H and O–H groups in total. The van der Waals surface area contributed by atoms with Gasteiger partial charge in [-0.15, -0.1) is 11.3 Å². The Balaban J connectivity index is 1.50. The molecule has 8 heteroatoms. The second-order valence-electron chi connectivity index (χ2n) is 7.49. The lowest BCUT2D eigenvalue weighted by Crippen LogP contribution is -2.46. The molecule has 0 aliphatic carbocycles. The smallest absolute Gasteiger partial charge is 0.252 e. The second kappa shape index (κ2) is 8.82. The molecule has 1 aromatic heterocycles. The van der Waals surface area contributed by atoms with Crippen molar-refractivity contribution in [3.63, 3.8) is 0 Å². The van der Waals surface area contributed by atoms with Gasteiger partial charge in [0.15, 0.2) is 0 Å². The van der Waals surface area contributed by atoms with Crippen molar-refractivity contribution < 1.29 is 13.2 Å². The molecule has 2 saturated heterocycles. The second-order valence-corrected chi connectivity index (χ2v) is 10.6. The number of amides is 1. The third kappa shape index (κ3) is 4.85. The normalized spacial score (nSPS) is 23.8. The van der Waals surface area contributed by atoms with Gasteiger partial charge in [-0.2, -0.15) is 4.31 Å². The molecule has 6 nitrogen and oxygen atoms in total. The molecule has 0 bridgehead atoms. The van der Waals surface area contributed by atoms with Crippen molar-refractivity contribution in [1.29, 1.82) is 0 Å². The van der Waals surface area contributed by atoms with Gasteiger partial charge in [0, 0.05) is 26.2 Å². The Hall–Kier alpha value is -0.960. The molecule has 0 saturated carbocycles. The van der Waals surface area contributed by atoms with Crippen LogP contribution in [0.1, 0.15) is 32.6 Å². The Labute approximate surface area is 160 Å². The number of hydrogen-bond acceptors (Lipinski definition) is 5. The first-order valence-corrected chi connectivity index (χ1v) is 11.8. The number of carbonyl (C=O) groups is 1. The lowest BCUT2D eigenvalue weighted by Gasteiger charge is -2.31. The molecule has 2 aliphatic rings. The fourth-order valence-corrected chi connectivity index (χ4v) is 6.47. The van der Waals surface area contributed by atoms with Crippen LogP contribution in [0.15, 0.2) is 21.7 Å². The standard InChI is InChI=1S/C18H29N3O3S2/c1-15(13-20-8-2-3-9-20)12-19-18(22)16-6-4-10-21(14-16)26(23,24)17-7-5-11-25-17/h5,7,11,15-16H,2-4,6,8-10,12-14H2,1H3,(H,19,22)/t15-,16+/m0/s1.